The Balaban J connectivity index is 1.22. The Morgan fingerprint density at radius 2 is 1.39 bits per heavy atom. The van der Waals surface area contributed by atoms with Gasteiger partial charge in [-0.1, -0.05) is 65.7 Å². The molecule has 0 saturated carbocycles. The maximum absolute atomic E-state index is 15.6. The number of halogens is 3. The number of pyridine rings is 1. The molecule has 1 aromatic heterocycles. The number of carbonyl (C=O) groups is 2. The fraction of sp³-hybridized carbons (Fsp3) is 0.324. The average molecular weight is 707 g/mol. The third-order valence-electron chi connectivity index (χ3n) is 8.95. The fourth-order valence-corrected chi connectivity index (χ4v) is 7.03. The first kappa shape index (κ1) is 34.6. The highest BCUT2D eigenvalue weighted by Gasteiger charge is 2.23. The van der Waals surface area contributed by atoms with Gasteiger partial charge in [0.2, 0.25) is 17.7 Å². The molecule has 0 spiro atoms. The first-order valence-corrected chi connectivity index (χ1v) is 17.0. The van der Waals surface area contributed by atoms with E-state index in [9.17, 15) is 9.59 Å². The van der Waals surface area contributed by atoms with Crippen LogP contribution in [-0.4, -0.2) is 56.2 Å². The summed E-state index contributed by atoms with van der Waals surface area (Å²) in [6.45, 7) is 1.97. The zero-order chi connectivity index (χ0) is 34.5. The first-order valence-electron chi connectivity index (χ1n) is 16.2. The molecular weight excluding hydrogens is 668 g/mol. The Morgan fingerprint density at radius 1 is 0.796 bits per heavy atom. The lowest BCUT2D eigenvalue weighted by atomic mass is 9.96. The molecule has 4 N–H and O–H groups in total. The number of hydrogen-bond acceptors (Lipinski definition) is 7. The molecule has 0 radical (unpaired) electrons. The van der Waals surface area contributed by atoms with Gasteiger partial charge in [0.15, 0.2) is 0 Å². The van der Waals surface area contributed by atoms with Gasteiger partial charge in [-0.2, -0.15) is 0 Å². The number of rotatable bonds is 13. The molecule has 2 aliphatic heterocycles. The standard InChI is InChI=1S/C37H38Cl2FN5O4/c1-48-32-16-22(15-30(40)29(32)20-42-19-24-11-14-34(47)44-24)25-5-3-6-26(35(25)38)27-7-4-8-28(36(27)39)31-12-9-21(37(45-31)49-2)17-41-18-23-10-13-33(46)43-23/h3-9,12,15-16,23-24,41-42H,10-11,13-14,17-20H2,1-2H3,(H,43,46)(H,44,47)/t23-,24-/m0/s1. The highest BCUT2D eigenvalue weighted by molar-refractivity contribution is 6.39. The molecule has 4 aromatic rings. The van der Waals surface area contributed by atoms with Crippen LogP contribution in [0.2, 0.25) is 10.0 Å². The zero-order valence-electron chi connectivity index (χ0n) is 27.3. The first-order chi connectivity index (χ1) is 23.7. The van der Waals surface area contributed by atoms with E-state index in [0.29, 0.717) is 93.2 Å². The molecule has 2 atom stereocenters. The van der Waals surface area contributed by atoms with Gasteiger partial charge in [-0.25, -0.2) is 9.37 Å². The Bertz CT molecular complexity index is 1870. The van der Waals surface area contributed by atoms with Gasteiger partial charge in [-0.15, -0.1) is 0 Å². The molecule has 3 heterocycles. The smallest absolute Gasteiger partial charge is 0.220 e. The van der Waals surface area contributed by atoms with Crippen molar-refractivity contribution in [3.63, 3.8) is 0 Å². The molecule has 2 saturated heterocycles. The predicted octanol–water partition coefficient (Wildman–Crippen LogP) is 6.28. The van der Waals surface area contributed by atoms with Crippen molar-refractivity contribution in [3.8, 4) is 45.1 Å². The average Bonchev–Trinajstić information content (AvgIpc) is 3.72. The number of amides is 2. The van der Waals surface area contributed by atoms with Crippen molar-refractivity contribution in [2.75, 3.05) is 27.3 Å². The third-order valence-corrected chi connectivity index (χ3v) is 9.76. The van der Waals surface area contributed by atoms with E-state index in [1.54, 1.807) is 13.2 Å². The predicted molar refractivity (Wildman–Crippen MR) is 189 cm³/mol. The van der Waals surface area contributed by atoms with Crippen LogP contribution in [0, 0.1) is 5.82 Å². The summed E-state index contributed by atoms with van der Waals surface area (Å²) < 4.78 is 26.8. The third kappa shape index (κ3) is 7.83. The molecule has 49 heavy (non-hydrogen) atoms. The number of nitrogens with one attached hydrogen (secondary N) is 4. The normalized spacial score (nSPS) is 17.2. The minimum atomic E-state index is -0.428. The van der Waals surface area contributed by atoms with E-state index in [-0.39, 0.29) is 30.4 Å². The highest BCUT2D eigenvalue weighted by atomic mass is 35.5. The van der Waals surface area contributed by atoms with Crippen molar-refractivity contribution in [2.45, 2.75) is 50.9 Å². The van der Waals surface area contributed by atoms with Gasteiger partial charge in [0.05, 0.1) is 30.0 Å². The van der Waals surface area contributed by atoms with E-state index in [1.807, 2.05) is 48.5 Å². The summed E-state index contributed by atoms with van der Waals surface area (Å²) in [5.74, 6) is 0.562. The molecule has 6 rings (SSSR count). The summed E-state index contributed by atoms with van der Waals surface area (Å²) in [5, 5.41) is 13.3. The van der Waals surface area contributed by atoms with Crippen LogP contribution in [0.1, 0.15) is 36.8 Å². The van der Waals surface area contributed by atoms with Crippen molar-refractivity contribution < 1.29 is 23.5 Å². The van der Waals surface area contributed by atoms with Crippen molar-refractivity contribution in [1.82, 2.24) is 26.3 Å². The molecule has 0 bridgehead atoms. The van der Waals surface area contributed by atoms with Crippen molar-refractivity contribution in [3.05, 3.63) is 87.7 Å². The maximum atomic E-state index is 15.6. The molecule has 0 aliphatic carbocycles. The fourth-order valence-electron chi connectivity index (χ4n) is 6.37. The molecule has 12 heteroatoms. The van der Waals surface area contributed by atoms with E-state index in [4.69, 9.17) is 37.7 Å². The van der Waals surface area contributed by atoms with Gasteiger partial charge in [-0.05, 0) is 36.6 Å². The van der Waals surface area contributed by atoms with Crippen LogP contribution in [0.4, 0.5) is 4.39 Å². The second-order valence-electron chi connectivity index (χ2n) is 12.2. The van der Waals surface area contributed by atoms with E-state index in [0.717, 1.165) is 18.4 Å². The Morgan fingerprint density at radius 3 is 1.98 bits per heavy atom. The summed E-state index contributed by atoms with van der Waals surface area (Å²) in [7, 11) is 3.08. The number of benzene rings is 3. The van der Waals surface area contributed by atoms with E-state index >= 15 is 4.39 Å². The number of ether oxygens (including phenoxy) is 2. The SMILES string of the molecule is COc1cc(-c2cccc(-c3cccc(-c4ccc(CNC[C@@H]5CCC(=O)N5)c(OC)n4)c3Cl)c2Cl)cc(F)c1CNC[C@@H]1CCC(=O)N1. The molecule has 2 aliphatic rings. The Hall–Kier alpha value is -4.22. The van der Waals surface area contributed by atoms with E-state index in [1.165, 1.54) is 13.2 Å². The molecule has 2 fully saturated rings. The van der Waals surface area contributed by atoms with Crippen LogP contribution in [0.5, 0.6) is 11.6 Å². The van der Waals surface area contributed by atoms with Crippen LogP contribution >= 0.6 is 23.2 Å². The summed E-state index contributed by atoms with van der Waals surface area (Å²) >= 11 is 14.1. The molecule has 3 aromatic carbocycles. The zero-order valence-corrected chi connectivity index (χ0v) is 28.8. The number of aromatic nitrogens is 1. The number of nitrogens with zero attached hydrogens (tertiary/aromatic N) is 1. The minimum absolute atomic E-state index is 0.0333. The lowest BCUT2D eigenvalue weighted by Crippen LogP contribution is -2.35. The Kier molecular flexibility index (Phi) is 11.0. The quantitative estimate of drug-likeness (QED) is 0.130. The summed E-state index contributed by atoms with van der Waals surface area (Å²) in [4.78, 5) is 27.8. The van der Waals surface area contributed by atoms with Gasteiger partial charge >= 0.3 is 0 Å². The number of carbonyl (C=O) groups excluding carboxylic acids is 2. The number of methoxy groups -OCH3 is 2. The largest absolute Gasteiger partial charge is 0.496 e. The number of hydrogen-bond donors (Lipinski definition) is 4. The second-order valence-corrected chi connectivity index (χ2v) is 13.0. The van der Waals surface area contributed by atoms with Gasteiger partial charge in [0, 0.05) is 84.5 Å². The van der Waals surface area contributed by atoms with E-state index in [2.05, 4.69) is 21.3 Å². The summed E-state index contributed by atoms with van der Waals surface area (Å²) in [6, 6.07) is 18.5. The van der Waals surface area contributed by atoms with Crippen molar-refractivity contribution >= 4 is 35.0 Å². The molecule has 2 amide bonds. The van der Waals surface area contributed by atoms with Crippen LogP contribution in [0.25, 0.3) is 33.5 Å². The molecular formula is C37H38Cl2FN5O4. The van der Waals surface area contributed by atoms with Crippen LogP contribution in [-0.2, 0) is 22.7 Å². The lowest BCUT2D eigenvalue weighted by Gasteiger charge is -2.17. The van der Waals surface area contributed by atoms with Crippen LogP contribution < -0.4 is 30.7 Å². The van der Waals surface area contributed by atoms with Crippen molar-refractivity contribution in [2.24, 2.45) is 0 Å². The van der Waals surface area contributed by atoms with Crippen molar-refractivity contribution in [1.29, 1.82) is 0 Å². The molecule has 0 unspecified atom stereocenters. The second kappa shape index (κ2) is 15.6. The van der Waals surface area contributed by atoms with Crippen LogP contribution in [0.15, 0.2) is 60.7 Å². The Labute approximate surface area is 294 Å². The molecule has 256 valence electrons. The summed E-state index contributed by atoms with van der Waals surface area (Å²) in [6.07, 6.45) is 2.64. The highest BCUT2D eigenvalue weighted by Crippen LogP contribution is 2.43. The maximum Gasteiger partial charge on any atom is 0.220 e. The van der Waals surface area contributed by atoms with E-state index < -0.39 is 5.82 Å². The lowest BCUT2D eigenvalue weighted by molar-refractivity contribution is -0.120. The topological polar surface area (TPSA) is 114 Å². The van der Waals surface area contributed by atoms with Gasteiger partial charge in [0.1, 0.15) is 11.6 Å². The van der Waals surface area contributed by atoms with Gasteiger partial charge in [-0.3, -0.25) is 9.59 Å². The summed E-state index contributed by atoms with van der Waals surface area (Å²) in [5.41, 5.74) is 5.18. The van der Waals surface area contributed by atoms with Gasteiger partial charge in [0.25, 0.3) is 0 Å². The van der Waals surface area contributed by atoms with Crippen LogP contribution in [0.3, 0.4) is 0 Å². The molecule has 9 nitrogen and oxygen atoms in total. The monoisotopic (exact) mass is 705 g/mol. The minimum Gasteiger partial charge on any atom is -0.496 e. The van der Waals surface area contributed by atoms with Gasteiger partial charge < -0.3 is 30.7 Å².